The standard InChI is InChI=1S/C33H26N4O3/c1-39-27-17-13-23(14-18-27)31-29(21-34-36(31)25-9-5-3-6-10-25)33(38)30-22-35-37(26-11-7-4-8-12-26)32(30)24-15-19-28(40-2)20-16-24/h3-22H,1-2H3. The zero-order valence-electron chi connectivity index (χ0n) is 22.1. The number of hydrogen-bond acceptors (Lipinski definition) is 5. The van der Waals surface area contributed by atoms with Crippen molar-refractivity contribution in [1.29, 1.82) is 0 Å². The van der Waals surface area contributed by atoms with Gasteiger partial charge in [0.05, 0.1) is 60.5 Å². The van der Waals surface area contributed by atoms with Gasteiger partial charge >= 0.3 is 0 Å². The number of aromatic nitrogens is 4. The summed E-state index contributed by atoms with van der Waals surface area (Å²) < 4.78 is 14.3. The minimum absolute atomic E-state index is 0.180. The highest BCUT2D eigenvalue weighted by molar-refractivity contribution is 6.15. The Kier molecular flexibility index (Phi) is 6.68. The molecule has 2 heterocycles. The number of carbonyl (C=O) groups excluding carboxylic acids is 1. The molecule has 196 valence electrons. The zero-order valence-corrected chi connectivity index (χ0v) is 22.1. The van der Waals surface area contributed by atoms with Gasteiger partial charge in [-0.05, 0) is 72.8 Å². The first-order valence-electron chi connectivity index (χ1n) is 12.8. The van der Waals surface area contributed by atoms with E-state index in [4.69, 9.17) is 9.47 Å². The molecule has 0 aliphatic rings. The summed E-state index contributed by atoms with van der Waals surface area (Å²) in [4.78, 5) is 14.4. The van der Waals surface area contributed by atoms with Crippen molar-refractivity contribution in [2.45, 2.75) is 0 Å². The van der Waals surface area contributed by atoms with Crippen LogP contribution in [0.3, 0.4) is 0 Å². The van der Waals surface area contributed by atoms with Crippen LogP contribution in [0.25, 0.3) is 33.9 Å². The van der Waals surface area contributed by atoms with E-state index in [2.05, 4.69) is 10.2 Å². The quantitative estimate of drug-likeness (QED) is 0.208. The van der Waals surface area contributed by atoms with E-state index in [1.807, 2.05) is 109 Å². The fourth-order valence-corrected chi connectivity index (χ4v) is 4.76. The van der Waals surface area contributed by atoms with Gasteiger partial charge in [0.2, 0.25) is 5.78 Å². The fourth-order valence-electron chi connectivity index (χ4n) is 4.76. The summed E-state index contributed by atoms with van der Waals surface area (Å²) in [6, 6.07) is 34.8. The Bertz CT molecular complexity index is 1620. The molecule has 0 unspecified atom stereocenters. The number of ketones is 1. The molecular weight excluding hydrogens is 500 g/mol. The maximum Gasteiger partial charge on any atom is 0.200 e. The van der Waals surface area contributed by atoms with E-state index >= 15 is 0 Å². The number of carbonyl (C=O) groups is 1. The van der Waals surface area contributed by atoms with Gasteiger partial charge in [-0.15, -0.1) is 0 Å². The molecule has 0 fully saturated rings. The minimum atomic E-state index is -0.180. The molecule has 0 aliphatic carbocycles. The predicted octanol–water partition coefficient (Wildman–Crippen LogP) is 6.64. The summed E-state index contributed by atoms with van der Waals surface area (Å²) in [6.07, 6.45) is 3.26. The molecule has 0 amide bonds. The van der Waals surface area contributed by atoms with Crippen molar-refractivity contribution in [3.63, 3.8) is 0 Å². The van der Waals surface area contributed by atoms with Crippen molar-refractivity contribution in [1.82, 2.24) is 19.6 Å². The van der Waals surface area contributed by atoms with Gasteiger partial charge in [-0.1, -0.05) is 36.4 Å². The van der Waals surface area contributed by atoms with Crippen molar-refractivity contribution in [3.05, 3.63) is 133 Å². The second-order valence-electron chi connectivity index (χ2n) is 9.09. The molecule has 2 aromatic heterocycles. The third-order valence-electron chi connectivity index (χ3n) is 6.76. The molecule has 0 atom stereocenters. The second kappa shape index (κ2) is 10.7. The summed E-state index contributed by atoms with van der Waals surface area (Å²) in [7, 11) is 3.26. The van der Waals surface area contributed by atoms with E-state index in [-0.39, 0.29) is 5.78 Å². The first-order chi connectivity index (χ1) is 19.7. The zero-order chi connectivity index (χ0) is 27.5. The highest BCUT2D eigenvalue weighted by Crippen LogP contribution is 2.34. The van der Waals surface area contributed by atoms with Gasteiger partial charge < -0.3 is 9.47 Å². The van der Waals surface area contributed by atoms with Gasteiger partial charge in [0, 0.05) is 11.1 Å². The van der Waals surface area contributed by atoms with Crippen LogP contribution in [0, 0.1) is 0 Å². The molecule has 0 spiro atoms. The van der Waals surface area contributed by atoms with E-state index in [9.17, 15) is 4.79 Å². The molecular formula is C33H26N4O3. The first-order valence-corrected chi connectivity index (χ1v) is 12.8. The van der Waals surface area contributed by atoms with Gasteiger partial charge in [0.15, 0.2) is 0 Å². The fraction of sp³-hybridized carbons (Fsp3) is 0.0606. The highest BCUT2D eigenvalue weighted by atomic mass is 16.5. The van der Waals surface area contributed by atoms with Crippen molar-refractivity contribution in [2.24, 2.45) is 0 Å². The van der Waals surface area contributed by atoms with Crippen LogP contribution >= 0.6 is 0 Å². The summed E-state index contributed by atoms with van der Waals surface area (Å²) in [5.74, 6) is 1.28. The Balaban J connectivity index is 1.54. The van der Waals surface area contributed by atoms with Crippen molar-refractivity contribution < 1.29 is 14.3 Å². The summed E-state index contributed by atoms with van der Waals surface area (Å²) >= 11 is 0. The Morgan fingerprint density at radius 1 is 0.550 bits per heavy atom. The molecule has 6 aromatic rings. The Morgan fingerprint density at radius 3 is 1.27 bits per heavy atom. The molecule has 7 heteroatoms. The largest absolute Gasteiger partial charge is 0.497 e. The lowest BCUT2D eigenvalue weighted by Crippen LogP contribution is -2.07. The maximum absolute atomic E-state index is 14.4. The number of nitrogens with zero attached hydrogens (tertiary/aromatic N) is 4. The number of hydrogen-bond donors (Lipinski definition) is 0. The van der Waals surface area contributed by atoms with Crippen LogP contribution in [0.2, 0.25) is 0 Å². The molecule has 7 nitrogen and oxygen atoms in total. The van der Waals surface area contributed by atoms with Gasteiger partial charge in [-0.2, -0.15) is 10.2 Å². The lowest BCUT2D eigenvalue weighted by atomic mass is 9.97. The molecule has 0 saturated carbocycles. The monoisotopic (exact) mass is 526 g/mol. The minimum Gasteiger partial charge on any atom is -0.497 e. The third kappa shape index (κ3) is 4.54. The lowest BCUT2D eigenvalue weighted by Gasteiger charge is -2.12. The summed E-state index contributed by atoms with van der Waals surface area (Å²) in [6.45, 7) is 0. The van der Waals surface area contributed by atoms with E-state index in [0.717, 1.165) is 34.0 Å². The SMILES string of the molecule is COc1ccc(-c2c(C(=O)c3cnn(-c4ccccc4)c3-c3ccc(OC)cc3)cnn2-c2ccccc2)cc1. The normalized spacial score (nSPS) is 10.8. The van der Waals surface area contributed by atoms with Crippen LogP contribution in [0.4, 0.5) is 0 Å². The van der Waals surface area contributed by atoms with Gasteiger partial charge in [0.25, 0.3) is 0 Å². The van der Waals surface area contributed by atoms with Crippen LogP contribution in [0.5, 0.6) is 11.5 Å². The Morgan fingerprint density at radius 2 is 0.925 bits per heavy atom. The van der Waals surface area contributed by atoms with Crippen LogP contribution < -0.4 is 9.47 Å². The van der Waals surface area contributed by atoms with Gasteiger partial charge in [0.1, 0.15) is 11.5 Å². The topological polar surface area (TPSA) is 71.2 Å². The van der Waals surface area contributed by atoms with Crippen molar-refractivity contribution >= 4 is 5.78 Å². The summed E-state index contributed by atoms with van der Waals surface area (Å²) in [5, 5.41) is 9.33. The second-order valence-corrected chi connectivity index (χ2v) is 9.09. The molecule has 0 bridgehead atoms. The van der Waals surface area contributed by atoms with E-state index in [1.165, 1.54) is 0 Å². The van der Waals surface area contributed by atoms with Crippen molar-refractivity contribution in [3.8, 4) is 45.4 Å². The Labute approximate surface area is 231 Å². The number of methoxy groups -OCH3 is 2. The number of para-hydroxylation sites is 2. The van der Waals surface area contributed by atoms with Crippen LogP contribution in [0.15, 0.2) is 122 Å². The number of ether oxygens (including phenoxy) is 2. The first kappa shape index (κ1) is 24.9. The van der Waals surface area contributed by atoms with E-state index < -0.39 is 0 Å². The average molecular weight is 527 g/mol. The van der Waals surface area contributed by atoms with Crippen LogP contribution in [-0.2, 0) is 0 Å². The molecule has 0 radical (unpaired) electrons. The molecule has 0 N–H and O–H groups in total. The van der Waals surface area contributed by atoms with Crippen LogP contribution in [-0.4, -0.2) is 39.6 Å². The number of rotatable bonds is 8. The molecule has 4 aromatic carbocycles. The lowest BCUT2D eigenvalue weighted by molar-refractivity contribution is 0.104. The van der Waals surface area contributed by atoms with Crippen molar-refractivity contribution in [2.75, 3.05) is 14.2 Å². The average Bonchev–Trinajstić information content (AvgIpc) is 3.67. The maximum atomic E-state index is 14.4. The third-order valence-corrected chi connectivity index (χ3v) is 6.76. The summed E-state index contributed by atoms with van der Waals surface area (Å²) in [5.41, 5.74) is 5.69. The predicted molar refractivity (Wildman–Crippen MR) is 155 cm³/mol. The molecule has 40 heavy (non-hydrogen) atoms. The molecule has 0 saturated heterocycles. The Hall–Kier alpha value is -5.43. The highest BCUT2D eigenvalue weighted by Gasteiger charge is 2.26. The van der Waals surface area contributed by atoms with Gasteiger partial charge in [-0.3, -0.25) is 4.79 Å². The molecule has 6 rings (SSSR count). The van der Waals surface area contributed by atoms with Crippen LogP contribution in [0.1, 0.15) is 15.9 Å². The van der Waals surface area contributed by atoms with Gasteiger partial charge in [-0.25, -0.2) is 9.36 Å². The van der Waals surface area contributed by atoms with E-state index in [0.29, 0.717) is 22.5 Å². The number of benzene rings is 4. The smallest absolute Gasteiger partial charge is 0.200 e. The molecule has 0 aliphatic heterocycles. The van der Waals surface area contributed by atoms with E-state index in [1.54, 1.807) is 36.0 Å².